The lowest BCUT2D eigenvalue weighted by Crippen LogP contribution is -2.30. The van der Waals surface area contributed by atoms with E-state index in [1.807, 2.05) is 0 Å². The Morgan fingerprint density at radius 2 is 1.97 bits per heavy atom. The van der Waals surface area contributed by atoms with Crippen molar-refractivity contribution < 1.29 is 36.5 Å². The van der Waals surface area contributed by atoms with E-state index in [2.05, 4.69) is 9.71 Å². The van der Waals surface area contributed by atoms with Crippen molar-refractivity contribution in [1.82, 2.24) is 4.98 Å². The summed E-state index contributed by atoms with van der Waals surface area (Å²) in [5.41, 5.74) is 0.159. The highest BCUT2D eigenvalue weighted by Gasteiger charge is 2.32. The van der Waals surface area contributed by atoms with Crippen LogP contribution in [0.3, 0.4) is 0 Å². The molecule has 0 fully saturated rings. The summed E-state index contributed by atoms with van der Waals surface area (Å²) in [5, 5.41) is 20.9. The molecule has 0 saturated carbocycles. The molecule has 4 rings (SSSR count). The maximum absolute atomic E-state index is 13.3. The average molecular weight is 516 g/mol. The molecule has 2 heterocycles. The maximum atomic E-state index is 13.3. The molecular weight excluding hydrogens is 495 g/mol. The van der Waals surface area contributed by atoms with Crippen molar-refractivity contribution in [2.75, 3.05) is 29.4 Å². The topological polar surface area (TPSA) is 112 Å². The van der Waals surface area contributed by atoms with Crippen LogP contribution >= 0.6 is 11.3 Å². The molecule has 2 aromatic carbocycles. The first-order valence-electron chi connectivity index (χ1n) is 10.0. The summed E-state index contributed by atoms with van der Waals surface area (Å²) in [6.45, 7) is -0.174. The van der Waals surface area contributed by atoms with Crippen molar-refractivity contribution in [2.45, 2.75) is 23.6 Å². The monoisotopic (exact) mass is 515 g/mol. The van der Waals surface area contributed by atoms with Crippen LogP contribution < -0.4 is 14.4 Å². The second-order valence-corrected chi connectivity index (χ2v) is 10.0. The molecule has 34 heavy (non-hydrogen) atoms. The minimum Gasteiger partial charge on any atom is -0.489 e. The number of sulfonamides is 1. The molecule has 0 spiro atoms. The number of aliphatic hydroxyl groups is 2. The van der Waals surface area contributed by atoms with E-state index in [-0.39, 0.29) is 40.9 Å². The van der Waals surface area contributed by atoms with E-state index in [4.69, 9.17) is 4.74 Å². The van der Waals surface area contributed by atoms with Crippen LogP contribution in [0.15, 0.2) is 52.9 Å². The highest BCUT2D eigenvalue weighted by Crippen LogP contribution is 2.41. The van der Waals surface area contributed by atoms with Crippen molar-refractivity contribution in [3.63, 3.8) is 0 Å². The summed E-state index contributed by atoms with van der Waals surface area (Å²) in [7, 11) is -3.93. The summed E-state index contributed by atoms with van der Waals surface area (Å²) < 4.78 is 73.3. The Morgan fingerprint density at radius 1 is 1.21 bits per heavy atom. The van der Waals surface area contributed by atoms with E-state index in [1.54, 1.807) is 10.3 Å². The minimum atomic E-state index is -4.58. The van der Waals surface area contributed by atoms with Crippen LogP contribution in [0.1, 0.15) is 11.1 Å². The highest BCUT2D eigenvalue weighted by atomic mass is 32.2. The number of rotatable bonds is 7. The Labute approximate surface area is 197 Å². The highest BCUT2D eigenvalue weighted by molar-refractivity contribution is 7.93. The number of hydrogen-bond donors (Lipinski definition) is 3. The average Bonchev–Trinajstić information content (AvgIpc) is 3.30. The number of benzene rings is 2. The van der Waals surface area contributed by atoms with E-state index in [0.717, 1.165) is 23.5 Å². The second kappa shape index (κ2) is 9.41. The zero-order valence-corrected chi connectivity index (χ0v) is 19.1. The summed E-state index contributed by atoms with van der Waals surface area (Å²) in [6.07, 6.45) is -4.56. The zero-order valence-electron chi connectivity index (χ0n) is 17.5. The zero-order chi connectivity index (χ0) is 24.5. The number of aromatic nitrogens is 1. The van der Waals surface area contributed by atoms with Gasteiger partial charge in [0.1, 0.15) is 12.4 Å². The molecule has 8 nitrogen and oxygen atoms in total. The van der Waals surface area contributed by atoms with Gasteiger partial charge < -0.3 is 19.8 Å². The summed E-state index contributed by atoms with van der Waals surface area (Å²) in [5.74, 6) is 0.238. The fourth-order valence-electron chi connectivity index (χ4n) is 3.57. The number of nitrogens with zero attached hydrogens (tertiary/aromatic N) is 2. The standard InChI is InChI=1S/C21H20F3N3O5S2/c22-21(23,24)14-1-3-17(13(9-14)10-15(29)12-28)27-6-7-32-19-11-16(2-4-18(19)27)34(30,31)26-20-25-5-8-33-20/h1-5,8-9,11,15,28-29H,6-7,10,12H2,(H,25,26). The Balaban J connectivity index is 1.71. The Morgan fingerprint density at radius 3 is 2.65 bits per heavy atom. The molecule has 0 radical (unpaired) electrons. The first-order chi connectivity index (χ1) is 16.1. The van der Waals surface area contributed by atoms with Gasteiger partial charge in [0.25, 0.3) is 10.0 Å². The molecule has 13 heteroatoms. The van der Waals surface area contributed by atoms with Gasteiger partial charge in [-0.2, -0.15) is 13.2 Å². The maximum Gasteiger partial charge on any atom is 0.416 e. The molecule has 1 aromatic heterocycles. The van der Waals surface area contributed by atoms with E-state index in [0.29, 0.717) is 11.4 Å². The van der Waals surface area contributed by atoms with Crippen LogP contribution in [-0.2, 0) is 22.6 Å². The van der Waals surface area contributed by atoms with Crippen LogP contribution in [0, 0.1) is 0 Å². The Hall–Kier alpha value is -2.87. The minimum absolute atomic E-state index is 0.0633. The molecule has 0 amide bonds. The molecule has 0 aliphatic carbocycles. The number of hydrogen-bond acceptors (Lipinski definition) is 8. The van der Waals surface area contributed by atoms with Gasteiger partial charge in [-0.3, -0.25) is 4.72 Å². The molecule has 1 atom stereocenters. The van der Waals surface area contributed by atoms with Crippen LogP contribution in [0.2, 0.25) is 0 Å². The summed E-state index contributed by atoms with van der Waals surface area (Å²) in [6, 6.07) is 7.39. The number of fused-ring (bicyclic) bond motifs is 1. The fourth-order valence-corrected chi connectivity index (χ4v) is 5.38. The SMILES string of the molecule is O=S(=O)(Nc1nccs1)c1ccc2c(c1)OCCN2c1ccc(C(F)(F)F)cc1CC(O)CO. The first-order valence-corrected chi connectivity index (χ1v) is 12.4. The smallest absolute Gasteiger partial charge is 0.416 e. The van der Waals surface area contributed by atoms with Gasteiger partial charge in [0.15, 0.2) is 5.13 Å². The van der Waals surface area contributed by atoms with Gasteiger partial charge in [0.2, 0.25) is 0 Å². The van der Waals surface area contributed by atoms with Crippen molar-refractivity contribution >= 4 is 37.9 Å². The number of anilines is 3. The van der Waals surface area contributed by atoms with Gasteiger partial charge in [-0.15, -0.1) is 11.3 Å². The molecular formula is C21H20F3N3O5S2. The van der Waals surface area contributed by atoms with Gasteiger partial charge in [-0.25, -0.2) is 13.4 Å². The normalized spacial score (nSPS) is 14.9. The summed E-state index contributed by atoms with van der Waals surface area (Å²) >= 11 is 1.12. The number of thiazole rings is 1. The lowest BCUT2D eigenvalue weighted by molar-refractivity contribution is -0.137. The van der Waals surface area contributed by atoms with Gasteiger partial charge in [0, 0.05) is 29.8 Å². The number of ether oxygens (including phenoxy) is 1. The lowest BCUT2D eigenvalue weighted by Gasteiger charge is -2.33. The van der Waals surface area contributed by atoms with Gasteiger partial charge in [0.05, 0.1) is 35.4 Å². The molecule has 1 unspecified atom stereocenters. The molecule has 0 bridgehead atoms. The molecule has 3 N–H and O–H groups in total. The predicted molar refractivity (Wildman–Crippen MR) is 120 cm³/mol. The predicted octanol–water partition coefficient (Wildman–Crippen LogP) is 3.39. The van der Waals surface area contributed by atoms with Crippen molar-refractivity contribution in [3.8, 4) is 5.75 Å². The Bertz CT molecular complexity index is 1270. The van der Waals surface area contributed by atoms with E-state index >= 15 is 0 Å². The lowest BCUT2D eigenvalue weighted by atomic mass is 10.0. The van der Waals surface area contributed by atoms with Crippen LogP contribution in [-0.4, -0.2) is 49.5 Å². The van der Waals surface area contributed by atoms with Gasteiger partial charge >= 0.3 is 6.18 Å². The van der Waals surface area contributed by atoms with Crippen molar-refractivity contribution in [3.05, 3.63) is 59.1 Å². The Kier molecular flexibility index (Phi) is 6.71. The van der Waals surface area contributed by atoms with Crippen LogP contribution in [0.4, 0.5) is 29.7 Å². The van der Waals surface area contributed by atoms with Crippen molar-refractivity contribution in [2.24, 2.45) is 0 Å². The quantitative estimate of drug-likeness (QED) is 0.442. The van der Waals surface area contributed by atoms with Gasteiger partial charge in [-0.05, 0) is 35.9 Å². The largest absolute Gasteiger partial charge is 0.489 e. The second-order valence-electron chi connectivity index (χ2n) is 7.45. The number of aliphatic hydroxyl groups excluding tert-OH is 2. The molecule has 3 aromatic rings. The third-order valence-electron chi connectivity index (χ3n) is 5.12. The van der Waals surface area contributed by atoms with Crippen molar-refractivity contribution in [1.29, 1.82) is 0 Å². The fraction of sp³-hybridized carbons (Fsp3) is 0.286. The van der Waals surface area contributed by atoms with Crippen LogP contribution in [0.25, 0.3) is 0 Å². The molecule has 1 aliphatic heterocycles. The van der Waals surface area contributed by atoms with E-state index in [9.17, 15) is 31.8 Å². The summed E-state index contributed by atoms with van der Waals surface area (Å²) in [4.78, 5) is 5.54. The van der Waals surface area contributed by atoms with Crippen LogP contribution in [0.5, 0.6) is 5.75 Å². The third-order valence-corrected chi connectivity index (χ3v) is 7.28. The molecule has 0 saturated heterocycles. The third kappa shape index (κ3) is 5.12. The number of halogens is 3. The molecule has 1 aliphatic rings. The van der Waals surface area contributed by atoms with E-state index in [1.165, 1.54) is 30.5 Å². The first kappa shape index (κ1) is 24.3. The van der Waals surface area contributed by atoms with Gasteiger partial charge in [-0.1, -0.05) is 0 Å². The molecule has 182 valence electrons. The number of nitrogens with one attached hydrogen (secondary N) is 1. The number of alkyl halides is 3. The van der Waals surface area contributed by atoms with E-state index < -0.39 is 34.5 Å².